The third kappa shape index (κ3) is 4.17. The Balaban J connectivity index is 2.09. The van der Waals surface area contributed by atoms with Gasteiger partial charge in [-0.2, -0.15) is 10.2 Å². The van der Waals surface area contributed by atoms with Crippen LogP contribution in [0.2, 0.25) is 5.02 Å². The topological polar surface area (TPSA) is 113 Å². The van der Waals surface area contributed by atoms with Crippen molar-refractivity contribution in [1.29, 1.82) is 0 Å². The van der Waals surface area contributed by atoms with Crippen molar-refractivity contribution in [3.63, 3.8) is 0 Å². The first-order valence-corrected chi connectivity index (χ1v) is 7.39. The largest absolute Gasteiger partial charge is 0.291 e. The van der Waals surface area contributed by atoms with E-state index in [1.807, 2.05) is 20.8 Å². The summed E-state index contributed by atoms with van der Waals surface area (Å²) in [4.78, 5) is 22.2. The molecule has 0 unspecified atom stereocenters. The zero-order valence-electron chi connectivity index (χ0n) is 13.3. The summed E-state index contributed by atoms with van der Waals surface area (Å²) < 4.78 is 0. The normalized spacial score (nSPS) is 11.7. The number of nitro benzene ring substituents is 1. The Morgan fingerprint density at radius 1 is 1.42 bits per heavy atom. The number of nitro groups is 1. The molecule has 0 aliphatic rings. The zero-order valence-corrected chi connectivity index (χ0v) is 14.1. The minimum absolute atomic E-state index is 0.116. The maximum atomic E-state index is 12.0. The number of non-ortho nitro benzene ring substituents is 1. The number of nitrogens with one attached hydrogen (secondary N) is 2. The van der Waals surface area contributed by atoms with Crippen molar-refractivity contribution in [3.05, 3.63) is 56.4 Å². The Labute approximate surface area is 143 Å². The highest BCUT2D eigenvalue weighted by Crippen LogP contribution is 2.21. The van der Waals surface area contributed by atoms with E-state index < -0.39 is 10.8 Å². The van der Waals surface area contributed by atoms with Gasteiger partial charge in [0.2, 0.25) is 0 Å². The second-order valence-electron chi connectivity index (χ2n) is 6.08. The van der Waals surface area contributed by atoms with E-state index in [9.17, 15) is 14.9 Å². The smallest absolute Gasteiger partial charge is 0.281 e. The highest BCUT2D eigenvalue weighted by Gasteiger charge is 2.19. The van der Waals surface area contributed by atoms with Crippen LogP contribution in [-0.2, 0) is 5.41 Å². The molecule has 1 amide bonds. The molecule has 2 aromatic rings. The standard InChI is InChI=1S/C15H16ClN5O3/c1-15(2,3)13-7-12(18-19-13)14(22)20-17-8-9-6-10(21(23)24)4-5-11(9)16/h4-8H,1-3H3,(H,18,19)(H,20,22). The van der Waals surface area contributed by atoms with Crippen molar-refractivity contribution in [3.8, 4) is 0 Å². The van der Waals surface area contributed by atoms with Gasteiger partial charge < -0.3 is 0 Å². The quantitative estimate of drug-likeness (QED) is 0.501. The van der Waals surface area contributed by atoms with Gasteiger partial charge in [0.1, 0.15) is 0 Å². The fourth-order valence-electron chi connectivity index (χ4n) is 1.78. The molecule has 126 valence electrons. The Hall–Kier alpha value is -2.74. The Morgan fingerprint density at radius 3 is 2.71 bits per heavy atom. The molecule has 2 rings (SSSR count). The van der Waals surface area contributed by atoms with Crippen LogP contribution in [0, 0.1) is 10.1 Å². The number of halogens is 1. The van der Waals surface area contributed by atoms with Gasteiger partial charge in [-0.3, -0.25) is 20.0 Å². The molecule has 0 aliphatic heterocycles. The van der Waals surface area contributed by atoms with Crippen LogP contribution < -0.4 is 5.43 Å². The maximum Gasteiger partial charge on any atom is 0.291 e. The van der Waals surface area contributed by atoms with Crippen LogP contribution >= 0.6 is 11.6 Å². The Bertz CT molecular complexity index is 808. The highest BCUT2D eigenvalue weighted by molar-refractivity contribution is 6.33. The van der Waals surface area contributed by atoms with Gasteiger partial charge in [0.05, 0.1) is 11.1 Å². The van der Waals surface area contributed by atoms with E-state index in [-0.39, 0.29) is 21.8 Å². The highest BCUT2D eigenvalue weighted by atomic mass is 35.5. The minimum Gasteiger partial charge on any atom is -0.281 e. The number of carbonyl (C=O) groups excluding carboxylic acids is 1. The van der Waals surface area contributed by atoms with E-state index in [4.69, 9.17) is 11.6 Å². The molecule has 2 N–H and O–H groups in total. The summed E-state index contributed by atoms with van der Waals surface area (Å²) in [5, 5.41) is 21.5. The second-order valence-corrected chi connectivity index (χ2v) is 6.49. The molecule has 0 spiro atoms. The summed E-state index contributed by atoms with van der Waals surface area (Å²) in [6.07, 6.45) is 1.24. The van der Waals surface area contributed by atoms with Gasteiger partial charge in [-0.15, -0.1) is 0 Å². The van der Waals surface area contributed by atoms with Crippen molar-refractivity contribution >= 4 is 29.4 Å². The van der Waals surface area contributed by atoms with Crippen molar-refractivity contribution < 1.29 is 9.72 Å². The minimum atomic E-state index is -0.538. The Morgan fingerprint density at radius 2 is 2.12 bits per heavy atom. The summed E-state index contributed by atoms with van der Waals surface area (Å²) in [5.41, 5.74) is 3.37. The fraction of sp³-hybridized carbons (Fsp3) is 0.267. The van der Waals surface area contributed by atoms with E-state index in [2.05, 4.69) is 20.7 Å². The number of carbonyl (C=O) groups is 1. The molecule has 1 heterocycles. The van der Waals surface area contributed by atoms with Gasteiger partial charge in [0.25, 0.3) is 11.6 Å². The van der Waals surface area contributed by atoms with Gasteiger partial charge >= 0.3 is 0 Å². The third-order valence-electron chi connectivity index (χ3n) is 3.18. The zero-order chi connectivity index (χ0) is 17.9. The molecule has 0 atom stereocenters. The summed E-state index contributed by atoms with van der Waals surface area (Å²) in [5.74, 6) is -0.500. The van der Waals surface area contributed by atoms with Crippen LogP contribution in [0.4, 0.5) is 5.69 Å². The number of rotatable bonds is 4. The van der Waals surface area contributed by atoms with Crippen LogP contribution in [0.25, 0.3) is 0 Å². The lowest BCUT2D eigenvalue weighted by molar-refractivity contribution is -0.384. The average Bonchev–Trinajstić information content (AvgIpc) is 2.98. The van der Waals surface area contributed by atoms with E-state index in [0.717, 1.165) is 5.69 Å². The molecule has 0 radical (unpaired) electrons. The van der Waals surface area contributed by atoms with Gasteiger partial charge in [-0.25, -0.2) is 5.43 Å². The predicted molar refractivity (Wildman–Crippen MR) is 90.5 cm³/mol. The van der Waals surface area contributed by atoms with Crippen LogP contribution in [-0.4, -0.2) is 27.2 Å². The van der Waals surface area contributed by atoms with E-state index in [1.54, 1.807) is 6.07 Å². The molecule has 0 saturated carbocycles. The Kier molecular flexibility index (Phi) is 4.99. The summed E-state index contributed by atoms with van der Waals surface area (Å²) in [6.45, 7) is 5.97. The number of nitrogens with zero attached hydrogens (tertiary/aromatic N) is 3. The monoisotopic (exact) mass is 349 g/mol. The lowest BCUT2D eigenvalue weighted by Gasteiger charge is -2.14. The lowest BCUT2D eigenvalue weighted by Crippen LogP contribution is -2.18. The van der Waals surface area contributed by atoms with Crippen molar-refractivity contribution in [2.45, 2.75) is 26.2 Å². The molecule has 8 nitrogen and oxygen atoms in total. The van der Waals surface area contributed by atoms with Crippen LogP contribution in [0.1, 0.15) is 42.5 Å². The number of hydrogen-bond acceptors (Lipinski definition) is 5. The molecule has 0 aliphatic carbocycles. The lowest BCUT2D eigenvalue weighted by atomic mass is 9.92. The molecule has 1 aromatic heterocycles. The van der Waals surface area contributed by atoms with Crippen molar-refractivity contribution in [1.82, 2.24) is 15.6 Å². The van der Waals surface area contributed by atoms with Gasteiger partial charge in [-0.1, -0.05) is 32.4 Å². The molecule has 24 heavy (non-hydrogen) atoms. The number of amides is 1. The fourth-order valence-corrected chi connectivity index (χ4v) is 1.95. The van der Waals surface area contributed by atoms with E-state index in [1.165, 1.54) is 24.4 Å². The molecule has 9 heteroatoms. The first-order chi connectivity index (χ1) is 11.2. The summed E-state index contributed by atoms with van der Waals surface area (Å²) in [7, 11) is 0. The molecular formula is C15H16ClN5O3. The number of aromatic nitrogens is 2. The number of hydrogen-bond donors (Lipinski definition) is 2. The van der Waals surface area contributed by atoms with Gasteiger partial charge in [-0.05, 0) is 12.1 Å². The van der Waals surface area contributed by atoms with Crippen molar-refractivity contribution in [2.24, 2.45) is 5.10 Å². The van der Waals surface area contributed by atoms with Crippen LogP contribution in [0.15, 0.2) is 29.4 Å². The average molecular weight is 350 g/mol. The molecule has 0 saturated heterocycles. The summed E-state index contributed by atoms with van der Waals surface area (Å²) >= 11 is 5.94. The third-order valence-corrected chi connectivity index (χ3v) is 3.52. The van der Waals surface area contributed by atoms with Gasteiger partial charge in [0, 0.05) is 33.8 Å². The first-order valence-electron chi connectivity index (χ1n) is 7.01. The SMILES string of the molecule is CC(C)(C)c1cc(C(=O)NN=Cc2cc([N+](=O)[O-])ccc2Cl)n[nH]1. The number of hydrazone groups is 1. The second kappa shape index (κ2) is 6.79. The molecule has 1 aromatic carbocycles. The van der Waals surface area contributed by atoms with Crippen molar-refractivity contribution in [2.75, 3.05) is 0 Å². The summed E-state index contributed by atoms with van der Waals surface area (Å²) in [6, 6.07) is 5.59. The maximum absolute atomic E-state index is 12.0. The number of aromatic amines is 1. The number of H-pyrrole nitrogens is 1. The predicted octanol–water partition coefficient (Wildman–Crippen LogP) is 3.03. The van der Waals surface area contributed by atoms with Crippen LogP contribution in [0.5, 0.6) is 0 Å². The number of benzene rings is 1. The molecule has 0 fully saturated rings. The molecular weight excluding hydrogens is 334 g/mol. The molecule has 0 bridgehead atoms. The van der Waals surface area contributed by atoms with Gasteiger partial charge in [0.15, 0.2) is 5.69 Å². The van der Waals surface area contributed by atoms with E-state index in [0.29, 0.717) is 5.56 Å². The first kappa shape index (κ1) is 17.6. The van der Waals surface area contributed by atoms with E-state index >= 15 is 0 Å². The van der Waals surface area contributed by atoms with Crippen LogP contribution in [0.3, 0.4) is 0 Å².